The van der Waals surface area contributed by atoms with Crippen molar-refractivity contribution in [2.24, 2.45) is 10.7 Å². The number of nitrogens with two attached hydrogens (primary N) is 1. The SMILES string of the molecule is CN=C(N)NCCC[C@@H](C=O)NC. The third-order valence-electron chi connectivity index (χ3n) is 1.77. The number of aldehydes is 1. The molecule has 0 aliphatic heterocycles. The van der Waals surface area contributed by atoms with Crippen LogP contribution in [0.15, 0.2) is 4.99 Å². The van der Waals surface area contributed by atoms with Crippen LogP contribution in [-0.4, -0.2) is 38.9 Å². The van der Waals surface area contributed by atoms with E-state index >= 15 is 0 Å². The van der Waals surface area contributed by atoms with Crippen LogP contribution in [0.2, 0.25) is 0 Å². The highest BCUT2D eigenvalue weighted by Gasteiger charge is 2.02. The van der Waals surface area contributed by atoms with Crippen LogP contribution in [0.3, 0.4) is 0 Å². The van der Waals surface area contributed by atoms with Crippen molar-refractivity contribution in [1.29, 1.82) is 0 Å². The maximum absolute atomic E-state index is 10.4. The molecule has 0 spiro atoms. The van der Waals surface area contributed by atoms with Crippen LogP contribution >= 0.6 is 0 Å². The van der Waals surface area contributed by atoms with Gasteiger partial charge in [-0.05, 0) is 19.9 Å². The molecule has 0 bridgehead atoms. The molecule has 0 saturated carbocycles. The van der Waals surface area contributed by atoms with Crippen molar-refractivity contribution in [1.82, 2.24) is 10.6 Å². The van der Waals surface area contributed by atoms with Gasteiger partial charge in [0.15, 0.2) is 5.96 Å². The molecule has 76 valence electrons. The second-order valence-corrected chi connectivity index (χ2v) is 2.71. The zero-order valence-electron chi connectivity index (χ0n) is 8.21. The van der Waals surface area contributed by atoms with Gasteiger partial charge in [0, 0.05) is 13.6 Å². The Hall–Kier alpha value is -1.10. The van der Waals surface area contributed by atoms with Gasteiger partial charge >= 0.3 is 0 Å². The van der Waals surface area contributed by atoms with Gasteiger partial charge in [-0.3, -0.25) is 4.99 Å². The summed E-state index contributed by atoms with van der Waals surface area (Å²) in [5.41, 5.74) is 5.41. The summed E-state index contributed by atoms with van der Waals surface area (Å²) in [6.07, 6.45) is 2.61. The van der Waals surface area contributed by atoms with Gasteiger partial charge in [0.1, 0.15) is 6.29 Å². The number of carbonyl (C=O) groups excluding carboxylic acids is 1. The van der Waals surface area contributed by atoms with Crippen molar-refractivity contribution in [2.45, 2.75) is 18.9 Å². The monoisotopic (exact) mass is 186 g/mol. The highest BCUT2D eigenvalue weighted by Crippen LogP contribution is 1.91. The van der Waals surface area contributed by atoms with E-state index in [-0.39, 0.29) is 6.04 Å². The first-order valence-corrected chi connectivity index (χ1v) is 4.33. The smallest absolute Gasteiger partial charge is 0.188 e. The molecule has 4 N–H and O–H groups in total. The van der Waals surface area contributed by atoms with E-state index in [1.165, 1.54) is 0 Å². The molecule has 5 heteroatoms. The molecule has 5 nitrogen and oxygen atoms in total. The minimum Gasteiger partial charge on any atom is -0.370 e. The second-order valence-electron chi connectivity index (χ2n) is 2.71. The first kappa shape index (κ1) is 11.9. The van der Waals surface area contributed by atoms with E-state index in [0.29, 0.717) is 5.96 Å². The third-order valence-corrected chi connectivity index (χ3v) is 1.77. The quantitative estimate of drug-likeness (QED) is 0.217. The largest absolute Gasteiger partial charge is 0.370 e. The number of guanidine groups is 1. The molecule has 0 aromatic rings. The molecule has 0 saturated heterocycles. The number of hydrogen-bond donors (Lipinski definition) is 3. The molecular weight excluding hydrogens is 168 g/mol. The molecule has 0 aromatic heterocycles. The van der Waals surface area contributed by atoms with Crippen molar-refractivity contribution in [3.63, 3.8) is 0 Å². The fourth-order valence-corrected chi connectivity index (χ4v) is 0.898. The highest BCUT2D eigenvalue weighted by atomic mass is 16.1. The molecule has 0 rings (SSSR count). The standard InChI is InChI=1S/C8H18N4O/c1-10-7(6-13)4-3-5-12-8(9)11-2/h6-7,10H,3-5H2,1-2H3,(H3,9,11,12)/t7-/m0/s1. The number of nitrogens with one attached hydrogen (secondary N) is 2. The van der Waals surface area contributed by atoms with Crippen molar-refractivity contribution < 1.29 is 4.79 Å². The minimum atomic E-state index is -0.0541. The summed E-state index contributed by atoms with van der Waals surface area (Å²) in [5, 5.41) is 5.82. The zero-order chi connectivity index (χ0) is 10.1. The normalized spacial score (nSPS) is 13.8. The number of rotatable bonds is 6. The average Bonchev–Trinajstić information content (AvgIpc) is 2.18. The predicted molar refractivity (Wildman–Crippen MR) is 53.7 cm³/mol. The van der Waals surface area contributed by atoms with Crippen LogP contribution in [0.1, 0.15) is 12.8 Å². The van der Waals surface area contributed by atoms with Crippen LogP contribution in [-0.2, 0) is 4.79 Å². The summed E-state index contributed by atoms with van der Waals surface area (Å²) in [6, 6.07) is -0.0541. The molecule has 1 atom stereocenters. The molecule has 0 aliphatic carbocycles. The maximum Gasteiger partial charge on any atom is 0.188 e. The Labute approximate surface area is 78.8 Å². The van der Waals surface area contributed by atoms with E-state index in [1.807, 2.05) is 0 Å². The van der Waals surface area contributed by atoms with Gasteiger partial charge in [0.25, 0.3) is 0 Å². The Balaban J connectivity index is 3.39. The molecule has 0 radical (unpaired) electrons. The summed E-state index contributed by atoms with van der Waals surface area (Å²) in [6.45, 7) is 0.745. The number of aliphatic imine (C=N–C) groups is 1. The Morgan fingerprint density at radius 2 is 2.38 bits per heavy atom. The lowest BCUT2D eigenvalue weighted by Gasteiger charge is -2.08. The topological polar surface area (TPSA) is 79.5 Å². The fraction of sp³-hybridized carbons (Fsp3) is 0.750. The van der Waals surface area contributed by atoms with Gasteiger partial charge in [-0.2, -0.15) is 0 Å². The van der Waals surface area contributed by atoms with E-state index in [2.05, 4.69) is 15.6 Å². The lowest BCUT2D eigenvalue weighted by Crippen LogP contribution is -2.33. The lowest BCUT2D eigenvalue weighted by molar-refractivity contribution is -0.109. The van der Waals surface area contributed by atoms with E-state index in [0.717, 1.165) is 25.7 Å². The first-order valence-electron chi connectivity index (χ1n) is 4.33. The second kappa shape index (κ2) is 7.54. The Morgan fingerprint density at radius 1 is 1.69 bits per heavy atom. The third kappa shape index (κ3) is 6.10. The van der Waals surface area contributed by atoms with Crippen molar-refractivity contribution in [2.75, 3.05) is 20.6 Å². The van der Waals surface area contributed by atoms with Crippen molar-refractivity contribution >= 4 is 12.2 Å². The predicted octanol–water partition coefficient (Wildman–Crippen LogP) is -0.912. The van der Waals surface area contributed by atoms with Gasteiger partial charge in [-0.25, -0.2) is 0 Å². The minimum absolute atomic E-state index is 0.0541. The van der Waals surface area contributed by atoms with E-state index < -0.39 is 0 Å². The van der Waals surface area contributed by atoms with Crippen LogP contribution in [0.4, 0.5) is 0 Å². The molecule has 0 fully saturated rings. The number of likely N-dealkylation sites (N-methyl/N-ethyl adjacent to an activating group) is 1. The average molecular weight is 186 g/mol. The van der Waals surface area contributed by atoms with Crippen LogP contribution in [0.5, 0.6) is 0 Å². The molecule has 0 amide bonds. The molecule has 0 aliphatic rings. The van der Waals surface area contributed by atoms with Gasteiger partial charge < -0.3 is 21.2 Å². The van der Waals surface area contributed by atoms with E-state index in [4.69, 9.17) is 5.73 Å². The van der Waals surface area contributed by atoms with E-state index in [9.17, 15) is 4.79 Å². The van der Waals surface area contributed by atoms with Gasteiger partial charge in [-0.15, -0.1) is 0 Å². The lowest BCUT2D eigenvalue weighted by atomic mass is 10.2. The molecular formula is C8H18N4O. The van der Waals surface area contributed by atoms with Crippen LogP contribution in [0, 0.1) is 0 Å². The Morgan fingerprint density at radius 3 is 2.85 bits per heavy atom. The Bertz CT molecular complexity index is 170. The van der Waals surface area contributed by atoms with E-state index in [1.54, 1.807) is 14.1 Å². The molecule has 0 unspecified atom stereocenters. The molecule has 13 heavy (non-hydrogen) atoms. The summed E-state index contributed by atoms with van der Waals surface area (Å²) >= 11 is 0. The van der Waals surface area contributed by atoms with Gasteiger partial charge in [0.2, 0.25) is 0 Å². The van der Waals surface area contributed by atoms with Crippen molar-refractivity contribution in [3.8, 4) is 0 Å². The fourth-order valence-electron chi connectivity index (χ4n) is 0.898. The summed E-state index contributed by atoms with van der Waals surface area (Å²) in [5.74, 6) is 0.437. The molecule has 0 aromatic carbocycles. The summed E-state index contributed by atoms with van der Waals surface area (Å²) in [4.78, 5) is 14.1. The maximum atomic E-state index is 10.4. The van der Waals surface area contributed by atoms with Crippen LogP contribution in [0.25, 0.3) is 0 Å². The highest BCUT2D eigenvalue weighted by molar-refractivity contribution is 5.77. The Kier molecular flexibility index (Phi) is 6.91. The van der Waals surface area contributed by atoms with Crippen molar-refractivity contribution in [3.05, 3.63) is 0 Å². The summed E-state index contributed by atoms with van der Waals surface area (Å²) < 4.78 is 0. The number of hydrogen-bond acceptors (Lipinski definition) is 3. The summed E-state index contributed by atoms with van der Waals surface area (Å²) in [7, 11) is 3.40. The van der Waals surface area contributed by atoms with Gasteiger partial charge in [0.05, 0.1) is 6.04 Å². The molecule has 0 heterocycles. The first-order chi connectivity index (χ1) is 6.24. The number of carbonyl (C=O) groups is 1. The zero-order valence-corrected chi connectivity index (χ0v) is 8.21. The number of nitrogens with zero attached hydrogens (tertiary/aromatic N) is 1. The van der Waals surface area contributed by atoms with Gasteiger partial charge in [-0.1, -0.05) is 0 Å². The van der Waals surface area contributed by atoms with Crippen LogP contribution < -0.4 is 16.4 Å².